The van der Waals surface area contributed by atoms with E-state index in [4.69, 9.17) is 0 Å². The topological polar surface area (TPSA) is 89.5 Å². The van der Waals surface area contributed by atoms with E-state index in [2.05, 4.69) is 9.97 Å². The maximum Gasteiger partial charge on any atom is 0.251 e. The molecule has 144 valence electrons. The van der Waals surface area contributed by atoms with E-state index in [9.17, 15) is 14.7 Å². The number of nitrogens with one attached hydrogen (secondary N) is 1. The SMILES string of the molecule is CC(C)[C@H](O)C(=O)N1CCC2(CCC(=O)N(CCc3cnc[nH]3)C2)CC1. The Kier molecular flexibility index (Phi) is 5.65. The second-order valence-electron chi connectivity index (χ2n) is 8.16. The first kappa shape index (κ1) is 18.9. The van der Waals surface area contributed by atoms with Crippen molar-refractivity contribution < 1.29 is 14.7 Å². The van der Waals surface area contributed by atoms with Gasteiger partial charge < -0.3 is 19.9 Å². The van der Waals surface area contributed by atoms with Crippen LogP contribution in [0.3, 0.4) is 0 Å². The van der Waals surface area contributed by atoms with Crippen LogP contribution in [-0.2, 0) is 16.0 Å². The number of aliphatic hydroxyl groups excluding tert-OH is 1. The van der Waals surface area contributed by atoms with Crippen LogP contribution < -0.4 is 0 Å². The fourth-order valence-electron chi connectivity index (χ4n) is 4.06. The zero-order valence-corrected chi connectivity index (χ0v) is 15.8. The number of rotatable bonds is 5. The standard InChI is InChI=1S/C19H30N4O3/c1-14(2)17(25)18(26)22-9-6-19(7-10-22)5-3-16(24)23(12-19)8-4-15-11-20-13-21-15/h11,13-14,17,25H,3-10,12H2,1-2H3,(H,20,21)/t17-/m0/s1. The van der Waals surface area contributed by atoms with Crippen LogP contribution >= 0.6 is 0 Å². The molecule has 0 bridgehead atoms. The van der Waals surface area contributed by atoms with E-state index in [0.29, 0.717) is 26.1 Å². The van der Waals surface area contributed by atoms with Crippen molar-refractivity contribution in [2.75, 3.05) is 26.2 Å². The molecule has 3 rings (SSSR count). The highest BCUT2D eigenvalue weighted by Crippen LogP contribution is 2.40. The molecule has 2 aliphatic rings. The molecule has 7 nitrogen and oxygen atoms in total. The van der Waals surface area contributed by atoms with Crippen LogP contribution in [0.25, 0.3) is 0 Å². The number of amides is 2. The summed E-state index contributed by atoms with van der Waals surface area (Å²) in [5.41, 5.74) is 1.15. The molecule has 0 radical (unpaired) electrons. The fourth-order valence-corrected chi connectivity index (χ4v) is 4.06. The Morgan fingerprint density at radius 2 is 2.08 bits per heavy atom. The Morgan fingerprint density at radius 3 is 2.69 bits per heavy atom. The summed E-state index contributed by atoms with van der Waals surface area (Å²) in [4.78, 5) is 35.6. The molecular formula is C19H30N4O3. The van der Waals surface area contributed by atoms with Crippen molar-refractivity contribution in [3.63, 3.8) is 0 Å². The molecular weight excluding hydrogens is 332 g/mol. The van der Waals surface area contributed by atoms with Gasteiger partial charge in [0.2, 0.25) is 5.91 Å². The third kappa shape index (κ3) is 4.09. The predicted octanol–water partition coefficient (Wildman–Crippen LogP) is 1.20. The lowest BCUT2D eigenvalue weighted by Crippen LogP contribution is -2.54. The highest BCUT2D eigenvalue weighted by Gasteiger charge is 2.42. The van der Waals surface area contributed by atoms with Crippen LogP contribution in [-0.4, -0.2) is 69.0 Å². The smallest absolute Gasteiger partial charge is 0.251 e. The number of carbonyl (C=O) groups is 2. The molecule has 2 fully saturated rings. The first-order valence-electron chi connectivity index (χ1n) is 9.62. The van der Waals surface area contributed by atoms with Crippen molar-refractivity contribution in [2.24, 2.45) is 11.3 Å². The van der Waals surface area contributed by atoms with Gasteiger partial charge in [0.1, 0.15) is 6.10 Å². The van der Waals surface area contributed by atoms with Crippen molar-refractivity contribution in [3.05, 3.63) is 18.2 Å². The summed E-state index contributed by atoms with van der Waals surface area (Å²) in [5.74, 6) is 0.00498. The number of imidazole rings is 1. The van der Waals surface area contributed by atoms with Crippen LogP contribution in [0, 0.1) is 11.3 Å². The summed E-state index contributed by atoms with van der Waals surface area (Å²) in [6.07, 6.45) is 6.62. The maximum atomic E-state index is 12.4. The quantitative estimate of drug-likeness (QED) is 0.824. The molecule has 1 atom stereocenters. The molecule has 0 unspecified atom stereocenters. The number of carbonyl (C=O) groups excluding carboxylic acids is 2. The summed E-state index contributed by atoms with van der Waals surface area (Å²) >= 11 is 0. The van der Waals surface area contributed by atoms with Gasteiger partial charge in [-0.2, -0.15) is 0 Å². The van der Waals surface area contributed by atoms with Gasteiger partial charge in [-0.3, -0.25) is 9.59 Å². The monoisotopic (exact) mass is 362 g/mol. The molecule has 26 heavy (non-hydrogen) atoms. The van der Waals surface area contributed by atoms with Gasteiger partial charge in [-0.05, 0) is 30.6 Å². The average molecular weight is 362 g/mol. The summed E-state index contributed by atoms with van der Waals surface area (Å²) in [7, 11) is 0. The minimum atomic E-state index is -0.914. The molecule has 2 aliphatic heterocycles. The number of aliphatic hydroxyl groups is 1. The van der Waals surface area contributed by atoms with Crippen LogP contribution in [0.2, 0.25) is 0 Å². The third-order valence-corrected chi connectivity index (χ3v) is 5.97. The van der Waals surface area contributed by atoms with Gasteiger partial charge in [0.05, 0.1) is 6.33 Å². The molecule has 1 spiro atoms. The Bertz CT molecular complexity index is 621. The lowest BCUT2D eigenvalue weighted by atomic mass is 9.72. The first-order valence-corrected chi connectivity index (χ1v) is 9.62. The molecule has 2 saturated heterocycles. The molecule has 0 saturated carbocycles. The van der Waals surface area contributed by atoms with Crippen molar-refractivity contribution in [1.29, 1.82) is 0 Å². The van der Waals surface area contributed by atoms with E-state index in [1.54, 1.807) is 17.4 Å². The van der Waals surface area contributed by atoms with Crippen LogP contribution in [0.4, 0.5) is 0 Å². The van der Waals surface area contributed by atoms with Crippen LogP contribution in [0.1, 0.15) is 45.2 Å². The van der Waals surface area contributed by atoms with E-state index in [0.717, 1.165) is 37.9 Å². The number of piperidine rings is 2. The summed E-state index contributed by atoms with van der Waals surface area (Å²) < 4.78 is 0. The molecule has 2 N–H and O–H groups in total. The average Bonchev–Trinajstić information content (AvgIpc) is 3.15. The largest absolute Gasteiger partial charge is 0.383 e. The van der Waals surface area contributed by atoms with Crippen LogP contribution in [0.15, 0.2) is 12.5 Å². The van der Waals surface area contributed by atoms with Gasteiger partial charge in [0, 0.05) is 50.9 Å². The Hall–Kier alpha value is -1.89. The Morgan fingerprint density at radius 1 is 1.35 bits per heavy atom. The van der Waals surface area contributed by atoms with Gasteiger partial charge in [0.15, 0.2) is 0 Å². The number of aromatic amines is 1. The van der Waals surface area contributed by atoms with Gasteiger partial charge in [-0.15, -0.1) is 0 Å². The van der Waals surface area contributed by atoms with Crippen molar-refractivity contribution >= 4 is 11.8 Å². The second-order valence-corrected chi connectivity index (χ2v) is 8.16. The zero-order valence-electron chi connectivity index (χ0n) is 15.8. The molecule has 1 aromatic rings. The highest BCUT2D eigenvalue weighted by atomic mass is 16.3. The Balaban J connectivity index is 1.55. The summed E-state index contributed by atoms with van der Waals surface area (Å²) in [5, 5.41) is 10.0. The second kappa shape index (κ2) is 7.78. The zero-order chi connectivity index (χ0) is 18.7. The van der Waals surface area contributed by atoms with Crippen molar-refractivity contribution in [2.45, 2.75) is 52.1 Å². The van der Waals surface area contributed by atoms with Crippen LogP contribution in [0.5, 0.6) is 0 Å². The lowest BCUT2D eigenvalue weighted by Gasteiger charge is -2.47. The van der Waals surface area contributed by atoms with Gasteiger partial charge in [-0.25, -0.2) is 4.98 Å². The van der Waals surface area contributed by atoms with E-state index < -0.39 is 6.10 Å². The molecule has 0 aliphatic carbocycles. The summed E-state index contributed by atoms with van der Waals surface area (Å²) in [6, 6.07) is 0. The van der Waals surface area contributed by atoms with E-state index in [-0.39, 0.29) is 23.1 Å². The fraction of sp³-hybridized carbons (Fsp3) is 0.737. The van der Waals surface area contributed by atoms with Gasteiger partial charge in [-0.1, -0.05) is 13.8 Å². The molecule has 0 aromatic carbocycles. The number of likely N-dealkylation sites (tertiary alicyclic amines) is 2. The normalized spacial score (nSPS) is 21.5. The maximum absolute atomic E-state index is 12.4. The minimum Gasteiger partial charge on any atom is -0.383 e. The minimum absolute atomic E-state index is 0.0661. The highest BCUT2D eigenvalue weighted by molar-refractivity contribution is 5.81. The van der Waals surface area contributed by atoms with E-state index >= 15 is 0 Å². The predicted molar refractivity (Wildman–Crippen MR) is 97.2 cm³/mol. The van der Waals surface area contributed by atoms with Crippen molar-refractivity contribution in [1.82, 2.24) is 19.8 Å². The molecule has 2 amide bonds. The number of aromatic nitrogens is 2. The number of nitrogens with zero attached hydrogens (tertiary/aromatic N) is 3. The van der Waals surface area contributed by atoms with E-state index in [1.165, 1.54) is 0 Å². The number of hydrogen-bond acceptors (Lipinski definition) is 4. The third-order valence-electron chi connectivity index (χ3n) is 5.97. The van der Waals surface area contributed by atoms with Gasteiger partial charge >= 0.3 is 0 Å². The molecule has 7 heteroatoms. The first-order chi connectivity index (χ1) is 12.4. The molecule has 3 heterocycles. The number of hydrogen-bond donors (Lipinski definition) is 2. The lowest BCUT2D eigenvalue weighted by molar-refractivity contribution is -0.148. The number of H-pyrrole nitrogens is 1. The Labute approximate surface area is 154 Å². The molecule has 1 aromatic heterocycles. The van der Waals surface area contributed by atoms with Crippen molar-refractivity contribution in [3.8, 4) is 0 Å². The van der Waals surface area contributed by atoms with Gasteiger partial charge in [0.25, 0.3) is 5.91 Å². The summed E-state index contributed by atoms with van der Waals surface area (Å²) in [6.45, 7) is 6.54. The van der Waals surface area contributed by atoms with E-state index in [1.807, 2.05) is 18.7 Å².